The minimum atomic E-state index is -3.77. The Morgan fingerprint density at radius 2 is 1.86 bits per heavy atom. The SMILES string of the molecule is CC(C)(CO)c1cc2cc(NC(=O)C3(c4ccc5c(c4)OC(F)(F)O5)CC3)c(F)cc2n1C[C@@H](O)CO.[HH].[HH].[HH].[HH]. The van der Waals surface area contributed by atoms with Gasteiger partial charge in [0.1, 0.15) is 5.82 Å². The number of halogens is 3. The molecule has 1 atom stereocenters. The number of carbonyl (C=O) groups is 1. The molecule has 1 aliphatic heterocycles. The number of ether oxygens (including phenoxy) is 2. The third kappa shape index (κ3) is 4.41. The molecule has 1 fully saturated rings. The molecular formula is C26H35F3N2O6. The minimum absolute atomic E-state index is 0. The van der Waals surface area contributed by atoms with Crippen molar-refractivity contribution in [2.45, 2.75) is 56.5 Å². The lowest BCUT2D eigenvalue weighted by atomic mass is 9.90. The normalized spacial score (nSPS) is 18.2. The predicted octanol–water partition coefficient (Wildman–Crippen LogP) is 4.38. The van der Waals surface area contributed by atoms with Crippen LogP contribution in [-0.2, 0) is 22.2 Å². The molecule has 4 N–H and O–H groups in total. The Balaban J connectivity index is 0.00000210. The Kier molecular flexibility index (Phi) is 5.93. The molecule has 2 aliphatic rings. The number of hydrogen-bond donors (Lipinski definition) is 4. The van der Waals surface area contributed by atoms with E-state index in [1.165, 1.54) is 30.3 Å². The van der Waals surface area contributed by atoms with Crippen LogP contribution in [0.4, 0.5) is 18.9 Å². The fraction of sp³-hybridized carbons (Fsp3) is 0.423. The van der Waals surface area contributed by atoms with Gasteiger partial charge in [-0.3, -0.25) is 4.79 Å². The van der Waals surface area contributed by atoms with E-state index in [0.717, 1.165) is 0 Å². The standard InChI is InChI=1S/C26H27F3N2O6.4H2/c1-24(2,13-33)22-8-14-7-18(17(27)10-19(14)31(22)11-16(34)12-32)30-23(35)25(5-6-25)15-3-4-20-21(9-15)37-26(28,29)36-20;;;;/h3-4,7-10,16,32-34H,5-6,11-13H2,1-2H3,(H,30,35);4*1H/t16-;;;;/m1..../s1. The quantitative estimate of drug-likeness (QED) is 0.345. The minimum Gasteiger partial charge on any atom is -0.395 e. The Bertz CT molecular complexity index is 1400. The van der Waals surface area contributed by atoms with Crippen molar-refractivity contribution in [3.63, 3.8) is 0 Å². The van der Waals surface area contributed by atoms with Gasteiger partial charge in [0, 0.05) is 28.3 Å². The topological polar surface area (TPSA) is 113 Å². The average molecular weight is 529 g/mol. The lowest BCUT2D eigenvalue weighted by molar-refractivity contribution is -0.286. The second-order valence-corrected chi connectivity index (χ2v) is 10.3. The van der Waals surface area contributed by atoms with Crippen molar-refractivity contribution in [2.24, 2.45) is 0 Å². The van der Waals surface area contributed by atoms with Gasteiger partial charge in [0.05, 0.1) is 42.5 Å². The number of fused-ring (bicyclic) bond motifs is 2. The summed E-state index contributed by atoms with van der Waals surface area (Å²) in [5, 5.41) is 32.5. The molecule has 3 aromatic rings. The highest BCUT2D eigenvalue weighted by Gasteiger charge is 2.53. The highest BCUT2D eigenvalue weighted by molar-refractivity contribution is 6.02. The molecule has 0 radical (unpaired) electrons. The fourth-order valence-electron chi connectivity index (χ4n) is 4.75. The molecule has 11 heteroatoms. The van der Waals surface area contributed by atoms with Gasteiger partial charge in [-0.15, -0.1) is 8.78 Å². The number of aromatic nitrogens is 1. The molecule has 2 aromatic carbocycles. The average Bonchev–Trinajstić information content (AvgIpc) is 3.50. The molecule has 1 aromatic heterocycles. The molecule has 1 amide bonds. The van der Waals surface area contributed by atoms with Crippen molar-refractivity contribution in [2.75, 3.05) is 18.5 Å². The summed E-state index contributed by atoms with van der Waals surface area (Å²) >= 11 is 0. The van der Waals surface area contributed by atoms with Gasteiger partial charge >= 0.3 is 6.29 Å². The maximum Gasteiger partial charge on any atom is 0.586 e. The molecule has 1 aliphatic carbocycles. The number of nitrogens with one attached hydrogen (secondary N) is 1. The number of rotatable bonds is 8. The first-order valence-electron chi connectivity index (χ1n) is 11.8. The maximum atomic E-state index is 15.2. The number of nitrogens with zero attached hydrogens (tertiary/aromatic N) is 1. The number of alkyl halides is 2. The third-order valence-electron chi connectivity index (χ3n) is 7.07. The van der Waals surface area contributed by atoms with Crippen LogP contribution in [0.15, 0.2) is 36.4 Å². The molecule has 206 valence electrons. The summed E-state index contributed by atoms with van der Waals surface area (Å²) < 4.78 is 52.6. The molecule has 37 heavy (non-hydrogen) atoms. The summed E-state index contributed by atoms with van der Waals surface area (Å²) in [4.78, 5) is 13.3. The lowest BCUT2D eigenvalue weighted by Gasteiger charge is -2.25. The van der Waals surface area contributed by atoms with Crippen LogP contribution >= 0.6 is 0 Å². The number of anilines is 1. The monoisotopic (exact) mass is 528 g/mol. The van der Waals surface area contributed by atoms with Crippen LogP contribution in [0.5, 0.6) is 11.5 Å². The van der Waals surface area contributed by atoms with Gasteiger partial charge in [0.25, 0.3) is 0 Å². The molecule has 5 rings (SSSR count). The van der Waals surface area contributed by atoms with Gasteiger partial charge in [-0.1, -0.05) is 19.9 Å². The van der Waals surface area contributed by atoms with Crippen LogP contribution in [0.25, 0.3) is 10.9 Å². The van der Waals surface area contributed by atoms with Crippen LogP contribution in [0.1, 0.15) is 43.7 Å². The molecule has 1 saturated carbocycles. The summed E-state index contributed by atoms with van der Waals surface area (Å²) in [7, 11) is 0. The first-order chi connectivity index (χ1) is 17.4. The zero-order valence-electron chi connectivity index (χ0n) is 20.2. The molecule has 0 bridgehead atoms. The van der Waals surface area contributed by atoms with E-state index in [-0.39, 0.29) is 36.0 Å². The van der Waals surface area contributed by atoms with Crippen molar-refractivity contribution in [3.8, 4) is 11.5 Å². The van der Waals surface area contributed by atoms with Crippen molar-refractivity contribution in [1.82, 2.24) is 4.57 Å². The third-order valence-corrected chi connectivity index (χ3v) is 7.07. The van der Waals surface area contributed by atoms with E-state index >= 15 is 4.39 Å². The number of aliphatic hydroxyl groups excluding tert-OH is 3. The van der Waals surface area contributed by atoms with Gasteiger partial charge in [0.2, 0.25) is 5.91 Å². The first-order valence-corrected chi connectivity index (χ1v) is 11.8. The summed E-state index contributed by atoms with van der Waals surface area (Å²) in [5.41, 5.74) is -0.304. The van der Waals surface area contributed by atoms with Gasteiger partial charge in [-0.05, 0) is 42.7 Å². The zero-order chi connectivity index (χ0) is 26.8. The highest BCUT2D eigenvalue weighted by atomic mass is 19.3. The second kappa shape index (κ2) is 8.64. The van der Waals surface area contributed by atoms with E-state index in [2.05, 4.69) is 14.8 Å². The van der Waals surface area contributed by atoms with Gasteiger partial charge in [-0.25, -0.2) is 4.39 Å². The van der Waals surface area contributed by atoms with E-state index in [9.17, 15) is 28.9 Å². The number of benzene rings is 2. The Hall–Kier alpha value is -3.28. The van der Waals surface area contributed by atoms with Crippen LogP contribution in [0.3, 0.4) is 0 Å². The Morgan fingerprint density at radius 1 is 1.16 bits per heavy atom. The van der Waals surface area contributed by atoms with E-state index in [4.69, 9.17) is 0 Å². The number of amides is 1. The van der Waals surface area contributed by atoms with Crippen LogP contribution in [0.2, 0.25) is 0 Å². The maximum absolute atomic E-state index is 15.2. The van der Waals surface area contributed by atoms with Crippen molar-refractivity contribution >= 4 is 22.5 Å². The molecule has 2 heterocycles. The lowest BCUT2D eigenvalue weighted by Crippen LogP contribution is -2.29. The van der Waals surface area contributed by atoms with E-state index in [1.54, 1.807) is 24.5 Å². The van der Waals surface area contributed by atoms with E-state index in [0.29, 0.717) is 35.0 Å². The number of carbonyl (C=O) groups excluding carboxylic acids is 1. The smallest absolute Gasteiger partial charge is 0.395 e. The summed E-state index contributed by atoms with van der Waals surface area (Å²) in [6.07, 6.45) is -3.97. The van der Waals surface area contributed by atoms with Crippen molar-refractivity contribution in [3.05, 3.63) is 53.5 Å². The molecule has 8 nitrogen and oxygen atoms in total. The van der Waals surface area contributed by atoms with Gasteiger partial charge < -0.3 is 34.7 Å². The van der Waals surface area contributed by atoms with Crippen LogP contribution in [0, 0.1) is 5.82 Å². The Labute approximate surface area is 216 Å². The van der Waals surface area contributed by atoms with Crippen LogP contribution in [-0.4, -0.2) is 51.4 Å². The predicted molar refractivity (Wildman–Crippen MR) is 136 cm³/mol. The van der Waals surface area contributed by atoms with E-state index < -0.39 is 41.6 Å². The largest absolute Gasteiger partial charge is 0.586 e. The Morgan fingerprint density at radius 3 is 2.51 bits per heavy atom. The molecule has 0 saturated heterocycles. The molecule has 0 unspecified atom stereocenters. The molecular weight excluding hydrogens is 493 g/mol. The summed E-state index contributed by atoms with van der Waals surface area (Å²) in [6, 6.07) is 8.63. The van der Waals surface area contributed by atoms with E-state index in [1.807, 2.05) is 0 Å². The van der Waals surface area contributed by atoms with Crippen LogP contribution < -0.4 is 14.8 Å². The number of hydrogen-bond acceptors (Lipinski definition) is 6. The highest BCUT2D eigenvalue weighted by Crippen LogP contribution is 2.52. The first kappa shape index (κ1) is 25.4. The number of aliphatic hydroxyl groups is 3. The van der Waals surface area contributed by atoms with Gasteiger partial charge in [-0.2, -0.15) is 0 Å². The zero-order valence-corrected chi connectivity index (χ0v) is 20.2. The van der Waals surface area contributed by atoms with Crippen molar-refractivity contribution in [1.29, 1.82) is 0 Å². The molecule has 0 spiro atoms. The van der Waals surface area contributed by atoms with Gasteiger partial charge in [0.15, 0.2) is 11.5 Å². The second-order valence-electron chi connectivity index (χ2n) is 10.3. The summed E-state index contributed by atoms with van der Waals surface area (Å²) in [6.45, 7) is 2.86. The van der Waals surface area contributed by atoms with Crippen molar-refractivity contribution < 1.29 is 48.5 Å². The fourth-order valence-corrected chi connectivity index (χ4v) is 4.75. The summed E-state index contributed by atoms with van der Waals surface area (Å²) in [5.74, 6) is -1.49.